The van der Waals surface area contributed by atoms with Crippen LogP contribution in [-0.4, -0.2) is 9.78 Å². The van der Waals surface area contributed by atoms with Crippen LogP contribution in [0.5, 0.6) is 0 Å². The van der Waals surface area contributed by atoms with Crippen molar-refractivity contribution >= 4 is 27.5 Å². The molecule has 1 aromatic carbocycles. The average Bonchev–Trinajstić information content (AvgIpc) is 2.59. The lowest BCUT2D eigenvalue weighted by atomic mass is 9.99. The first-order valence-corrected chi connectivity index (χ1v) is 7.27. The van der Waals surface area contributed by atoms with E-state index in [0.717, 1.165) is 21.3 Å². The van der Waals surface area contributed by atoms with E-state index in [-0.39, 0.29) is 6.04 Å². The molecule has 0 saturated carbocycles. The number of aryl methyl sites for hydroxylation is 3. The van der Waals surface area contributed by atoms with Crippen molar-refractivity contribution in [2.24, 2.45) is 12.8 Å². The van der Waals surface area contributed by atoms with Crippen molar-refractivity contribution in [2.45, 2.75) is 26.3 Å². The van der Waals surface area contributed by atoms with Crippen LogP contribution in [0.3, 0.4) is 0 Å². The topological polar surface area (TPSA) is 43.8 Å². The highest BCUT2D eigenvalue weighted by Gasteiger charge is 2.16. The molecule has 2 rings (SSSR count). The molecule has 2 aromatic rings. The van der Waals surface area contributed by atoms with Crippen molar-refractivity contribution in [3.63, 3.8) is 0 Å². The van der Waals surface area contributed by atoms with Gasteiger partial charge in [0.2, 0.25) is 0 Å². The van der Waals surface area contributed by atoms with Gasteiger partial charge in [0, 0.05) is 23.1 Å². The zero-order chi connectivity index (χ0) is 14.2. The highest BCUT2D eigenvalue weighted by molar-refractivity contribution is 9.10. The van der Waals surface area contributed by atoms with Crippen LogP contribution in [0.2, 0.25) is 5.15 Å². The first-order chi connectivity index (χ1) is 8.90. The van der Waals surface area contributed by atoms with Gasteiger partial charge < -0.3 is 5.73 Å². The van der Waals surface area contributed by atoms with Crippen LogP contribution >= 0.6 is 27.5 Å². The molecule has 5 heteroatoms. The molecule has 0 aliphatic heterocycles. The second-order valence-electron chi connectivity index (χ2n) is 4.80. The lowest BCUT2D eigenvalue weighted by molar-refractivity contribution is 0.717. The fourth-order valence-electron chi connectivity index (χ4n) is 2.08. The maximum absolute atomic E-state index is 6.28. The first-order valence-electron chi connectivity index (χ1n) is 6.09. The highest BCUT2D eigenvalue weighted by Crippen LogP contribution is 2.26. The summed E-state index contributed by atoms with van der Waals surface area (Å²) in [5.41, 5.74) is 10.5. The van der Waals surface area contributed by atoms with Gasteiger partial charge in [0.05, 0.1) is 5.69 Å². The minimum atomic E-state index is -0.0858. The summed E-state index contributed by atoms with van der Waals surface area (Å²) in [5.74, 6) is 0. The van der Waals surface area contributed by atoms with Crippen LogP contribution in [0.25, 0.3) is 0 Å². The van der Waals surface area contributed by atoms with Crippen LogP contribution in [0.15, 0.2) is 22.7 Å². The van der Waals surface area contributed by atoms with Crippen molar-refractivity contribution in [1.82, 2.24) is 9.78 Å². The van der Waals surface area contributed by atoms with Gasteiger partial charge in [-0.15, -0.1) is 0 Å². The van der Waals surface area contributed by atoms with Crippen LogP contribution in [0.4, 0.5) is 0 Å². The molecule has 0 spiro atoms. The number of nitrogens with two attached hydrogens (primary N) is 1. The summed E-state index contributed by atoms with van der Waals surface area (Å²) < 4.78 is 2.76. The van der Waals surface area contributed by atoms with E-state index < -0.39 is 0 Å². The highest BCUT2D eigenvalue weighted by atomic mass is 79.9. The Hall–Kier alpha value is -0.840. The minimum Gasteiger partial charge on any atom is -0.324 e. The standard InChI is InChI=1S/C14H17BrClN3/c1-8-4-5-10(6-12(8)15)13(17)7-11-9(2)18-19(3)14(11)16/h4-6,13H,7,17H2,1-3H3. The largest absolute Gasteiger partial charge is 0.324 e. The second kappa shape index (κ2) is 5.65. The number of aromatic nitrogens is 2. The number of halogens is 2. The Morgan fingerprint density at radius 2 is 2.11 bits per heavy atom. The number of rotatable bonds is 3. The molecule has 19 heavy (non-hydrogen) atoms. The molecule has 1 heterocycles. The lowest BCUT2D eigenvalue weighted by Gasteiger charge is -2.13. The van der Waals surface area contributed by atoms with Gasteiger partial charge >= 0.3 is 0 Å². The van der Waals surface area contributed by atoms with E-state index in [9.17, 15) is 0 Å². The van der Waals surface area contributed by atoms with Gasteiger partial charge in [-0.3, -0.25) is 4.68 Å². The molecule has 1 atom stereocenters. The van der Waals surface area contributed by atoms with Gasteiger partial charge in [-0.25, -0.2) is 0 Å². The number of nitrogens with zero attached hydrogens (tertiary/aromatic N) is 2. The van der Waals surface area contributed by atoms with Crippen molar-refractivity contribution < 1.29 is 0 Å². The van der Waals surface area contributed by atoms with Crippen molar-refractivity contribution in [3.8, 4) is 0 Å². The van der Waals surface area contributed by atoms with Crippen molar-refractivity contribution in [2.75, 3.05) is 0 Å². The SMILES string of the molecule is Cc1ccc(C(N)Cc2c(C)nn(C)c2Cl)cc1Br. The zero-order valence-corrected chi connectivity index (χ0v) is 13.6. The van der Waals surface area contributed by atoms with E-state index in [4.69, 9.17) is 17.3 Å². The number of benzene rings is 1. The fraction of sp³-hybridized carbons (Fsp3) is 0.357. The predicted octanol–water partition coefficient (Wildman–Crippen LogP) is 3.70. The van der Waals surface area contributed by atoms with E-state index in [2.05, 4.69) is 46.2 Å². The smallest absolute Gasteiger partial charge is 0.130 e. The summed E-state index contributed by atoms with van der Waals surface area (Å²) >= 11 is 9.77. The van der Waals surface area contributed by atoms with Crippen molar-refractivity contribution in [1.29, 1.82) is 0 Å². The van der Waals surface area contributed by atoms with Gasteiger partial charge in [-0.05, 0) is 37.5 Å². The third kappa shape index (κ3) is 3.02. The molecule has 0 amide bonds. The molecule has 2 N–H and O–H groups in total. The Bertz CT molecular complexity index is 607. The molecule has 102 valence electrons. The first kappa shape index (κ1) is 14.6. The third-order valence-corrected chi connectivity index (χ3v) is 4.65. The van der Waals surface area contributed by atoms with Crippen LogP contribution in [-0.2, 0) is 13.5 Å². The Morgan fingerprint density at radius 1 is 1.42 bits per heavy atom. The molecule has 0 bridgehead atoms. The normalized spacial score (nSPS) is 12.7. The molecule has 0 saturated heterocycles. The molecule has 3 nitrogen and oxygen atoms in total. The molecule has 0 aliphatic rings. The Balaban J connectivity index is 2.25. The summed E-state index contributed by atoms with van der Waals surface area (Å²) in [7, 11) is 1.84. The quantitative estimate of drug-likeness (QED) is 0.924. The second-order valence-corrected chi connectivity index (χ2v) is 6.01. The van der Waals surface area contributed by atoms with E-state index in [1.54, 1.807) is 4.68 Å². The summed E-state index contributed by atoms with van der Waals surface area (Å²) in [5, 5.41) is 4.97. The monoisotopic (exact) mass is 341 g/mol. The van der Waals surface area contributed by atoms with Gasteiger partial charge in [-0.2, -0.15) is 5.10 Å². The van der Waals surface area contributed by atoms with E-state index in [1.807, 2.05) is 14.0 Å². The molecule has 1 unspecified atom stereocenters. The van der Waals surface area contributed by atoms with Crippen LogP contribution in [0, 0.1) is 13.8 Å². The molecule has 0 radical (unpaired) electrons. The van der Waals surface area contributed by atoms with Gasteiger partial charge in [0.1, 0.15) is 5.15 Å². The van der Waals surface area contributed by atoms with E-state index >= 15 is 0 Å². The lowest BCUT2D eigenvalue weighted by Crippen LogP contribution is -2.14. The van der Waals surface area contributed by atoms with Crippen LogP contribution in [0.1, 0.15) is 28.4 Å². The number of hydrogen-bond acceptors (Lipinski definition) is 2. The maximum Gasteiger partial charge on any atom is 0.130 e. The summed E-state index contributed by atoms with van der Waals surface area (Å²) in [6, 6.07) is 6.11. The fourth-order valence-corrected chi connectivity index (χ4v) is 2.73. The average molecular weight is 343 g/mol. The minimum absolute atomic E-state index is 0.0858. The van der Waals surface area contributed by atoms with E-state index in [0.29, 0.717) is 11.6 Å². The Kier molecular flexibility index (Phi) is 4.33. The van der Waals surface area contributed by atoms with E-state index in [1.165, 1.54) is 5.56 Å². The molecular weight excluding hydrogens is 326 g/mol. The Morgan fingerprint density at radius 3 is 2.63 bits per heavy atom. The summed E-state index contributed by atoms with van der Waals surface area (Å²) in [4.78, 5) is 0. The Labute approximate surface area is 126 Å². The maximum atomic E-state index is 6.28. The van der Waals surface area contributed by atoms with Gasteiger partial charge in [-0.1, -0.05) is 39.7 Å². The molecular formula is C14H17BrClN3. The third-order valence-electron chi connectivity index (χ3n) is 3.32. The summed E-state index contributed by atoms with van der Waals surface area (Å²) in [6.07, 6.45) is 0.688. The van der Waals surface area contributed by atoms with Gasteiger partial charge in [0.15, 0.2) is 0 Å². The van der Waals surface area contributed by atoms with Crippen LogP contribution < -0.4 is 5.73 Å². The zero-order valence-electron chi connectivity index (χ0n) is 11.2. The van der Waals surface area contributed by atoms with Crippen molar-refractivity contribution in [3.05, 3.63) is 50.2 Å². The summed E-state index contributed by atoms with van der Waals surface area (Å²) in [6.45, 7) is 4.01. The molecule has 0 aliphatic carbocycles. The predicted molar refractivity (Wildman–Crippen MR) is 82.5 cm³/mol. The van der Waals surface area contributed by atoms with Gasteiger partial charge in [0.25, 0.3) is 0 Å². The molecule has 1 aromatic heterocycles. The number of hydrogen-bond donors (Lipinski definition) is 1. The molecule has 0 fully saturated rings.